The number of rotatable bonds is 3. The Hall–Kier alpha value is -3.37. The smallest absolute Gasteiger partial charge is 0.309 e. The Labute approximate surface area is 179 Å². The van der Waals surface area contributed by atoms with Crippen molar-refractivity contribution in [3.05, 3.63) is 64.7 Å². The van der Waals surface area contributed by atoms with Gasteiger partial charge in [0.25, 0.3) is 5.91 Å². The third-order valence-electron chi connectivity index (χ3n) is 5.08. The second-order valence-corrected chi connectivity index (χ2v) is 7.22. The van der Waals surface area contributed by atoms with Crippen LogP contribution in [0.5, 0.6) is 0 Å². The van der Waals surface area contributed by atoms with Crippen LogP contribution in [0.25, 0.3) is 11.1 Å². The number of amides is 1. The van der Waals surface area contributed by atoms with Crippen molar-refractivity contribution >= 4 is 11.6 Å². The van der Waals surface area contributed by atoms with Crippen molar-refractivity contribution in [2.45, 2.75) is 26.2 Å². The number of carbonyl (C=O) groups excluding carboxylic acids is 1. The van der Waals surface area contributed by atoms with Crippen LogP contribution in [0.4, 0.5) is 32.0 Å². The summed E-state index contributed by atoms with van der Waals surface area (Å²) in [5.74, 6) is -1.05. The van der Waals surface area contributed by atoms with Gasteiger partial charge in [-0.25, -0.2) is 0 Å². The number of hydrogen-bond acceptors (Lipinski definition) is 3. The van der Waals surface area contributed by atoms with Crippen molar-refractivity contribution in [2.75, 3.05) is 11.9 Å². The molecule has 2 heterocycles. The highest BCUT2D eigenvalue weighted by Crippen LogP contribution is 2.38. The molecule has 0 fully saturated rings. The summed E-state index contributed by atoms with van der Waals surface area (Å²) in [6, 6.07) is 2.40. The number of alkyl halides is 6. The summed E-state index contributed by atoms with van der Waals surface area (Å²) in [5.41, 5.74) is -1.06. The van der Waals surface area contributed by atoms with Gasteiger partial charge in [-0.1, -0.05) is 0 Å². The number of carbonyl (C=O) groups is 1. The molecular weight excluding hydrogens is 438 g/mol. The number of benzene rings is 1. The van der Waals surface area contributed by atoms with E-state index in [4.69, 9.17) is 0 Å². The van der Waals surface area contributed by atoms with Crippen molar-refractivity contribution < 1.29 is 31.1 Å². The standard InChI is InChI=1S/C21H18F6N4O/c1-11-18(12(2)31(4)29-11)16-5-6-28-10-17(16)30(3)19(32)13-7-14(20(22,23)24)9-15(8-13)21(25,26)27/h5-10H,1-4H3. The molecule has 3 rings (SSSR count). The summed E-state index contributed by atoms with van der Waals surface area (Å²) in [5, 5.41) is 4.31. The van der Waals surface area contributed by atoms with Crippen LogP contribution in [-0.2, 0) is 19.4 Å². The van der Waals surface area contributed by atoms with Gasteiger partial charge < -0.3 is 4.90 Å². The van der Waals surface area contributed by atoms with Crippen LogP contribution in [0, 0.1) is 13.8 Å². The van der Waals surface area contributed by atoms with Gasteiger partial charge in [0, 0.05) is 42.7 Å². The Kier molecular flexibility index (Phi) is 5.79. The van der Waals surface area contributed by atoms with Crippen LogP contribution in [0.3, 0.4) is 0 Å². The van der Waals surface area contributed by atoms with Crippen LogP contribution in [0.1, 0.15) is 32.9 Å². The Balaban J connectivity index is 2.13. The zero-order chi connectivity index (χ0) is 24.0. The fraction of sp³-hybridized carbons (Fsp3) is 0.286. The highest BCUT2D eigenvalue weighted by atomic mass is 19.4. The van der Waals surface area contributed by atoms with Gasteiger partial charge in [-0.15, -0.1) is 0 Å². The van der Waals surface area contributed by atoms with Crippen molar-refractivity contribution in [2.24, 2.45) is 7.05 Å². The zero-order valence-electron chi connectivity index (χ0n) is 17.4. The monoisotopic (exact) mass is 456 g/mol. The van der Waals surface area contributed by atoms with E-state index in [0.717, 1.165) is 10.6 Å². The van der Waals surface area contributed by atoms with Gasteiger partial charge in [0.1, 0.15) is 0 Å². The van der Waals surface area contributed by atoms with Crippen molar-refractivity contribution in [1.82, 2.24) is 14.8 Å². The minimum Gasteiger partial charge on any atom is -0.309 e. The summed E-state index contributed by atoms with van der Waals surface area (Å²) >= 11 is 0. The summed E-state index contributed by atoms with van der Waals surface area (Å²) in [7, 11) is 2.99. The van der Waals surface area contributed by atoms with Crippen molar-refractivity contribution in [1.29, 1.82) is 0 Å². The minimum absolute atomic E-state index is 0.0192. The molecule has 0 N–H and O–H groups in total. The Morgan fingerprint density at radius 1 is 1.00 bits per heavy atom. The van der Waals surface area contributed by atoms with Crippen LogP contribution in [0.15, 0.2) is 36.7 Å². The first-order valence-electron chi connectivity index (χ1n) is 9.24. The molecule has 170 valence electrons. The molecule has 0 radical (unpaired) electrons. The summed E-state index contributed by atoms with van der Waals surface area (Å²) in [6.45, 7) is 3.54. The average molecular weight is 456 g/mol. The summed E-state index contributed by atoms with van der Waals surface area (Å²) in [4.78, 5) is 17.9. The first-order chi connectivity index (χ1) is 14.7. The second kappa shape index (κ2) is 7.95. The van der Waals surface area contributed by atoms with E-state index in [1.807, 2.05) is 0 Å². The molecule has 0 aliphatic rings. The molecular formula is C21H18F6N4O. The van der Waals surface area contributed by atoms with E-state index in [1.54, 1.807) is 31.6 Å². The fourth-order valence-corrected chi connectivity index (χ4v) is 3.41. The first kappa shape index (κ1) is 23.3. The number of aromatic nitrogens is 3. The third kappa shape index (κ3) is 4.32. The lowest BCUT2D eigenvalue weighted by atomic mass is 10.0. The van der Waals surface area contributed by atoms with Crippen molar-refractivity contribution in [3.63, 3.8) is 0 Å². The highest BCUT2D eigenvalue weighted by molar-refractivity contribution is 6.08. The van der Waals surface area contributed by atoms with E-state index >= 15 is 0 Å². The predicted molar refractivity (Wildman–Crippen MR) is 105 cm³/mol. The first-order valence-corrected chi connectivity index (χ1v) is 9.24. The minimum atomic E-state index is -5.06. The van der Waals surface area contributed by atoms with Crippen LogP contribution in [0.2, 0.25) is 0 Å². The normalized spacial score (nSPS) is 12.2. The molecule has 1 amide bonds. The molecule has 0 aliphatic heterocycles. The van der Waals surface area contributed by atoms with E-state index in [0.29, 0.717) is 29.0 Å². The molecule has 0 saturated carbocycles. The molecule has 0 unspecified atom stereocenters. The van der Waals surface area contributed by atoms with Crippen molar-refractivity contribution in [3.8, 4) is 11.1 Å². The van der Waals surface area contributed by atoms with Gasteiger partial charge in [-0.3, -0.25) is 14.5 Å². The Morgan fingerprint density at radius 3 is 2.03 bits per heavy atom. The van der Waals surface area contributed by atoms with Gasteiger partial charge in [0.05, 0.1) is 28.7 Å². The number of nitrogens with zero attached hydrogens (tertiary/aromatic N) is 4. The van der Waals surface area contributed by atoms with Gasteiger partial charge in [0.15, 0.2) is 0 Å². The fourth-order valence-electron chi connectivity index (χ4n) is 3.41. The maximum atomic E-state index is 13.2. The lowest BCUT2D eigenvalue weighted by Gasteiger charge is -2.22. The van der Waals surface area contributed by atoms with Gasteiger partial charge in [-0.2, -0.15) is 31.4 Å². The van der Waals surface area contributed by atoms with Crippen LogP contribution >= 0.6 is 0 Å². The number of hydrogen-bond donors (Lipinski definition) is 0. The van der Waals surface area contributed by atoms with E-state index in [9.17, 15) is 31.1 Å². The number of aryl methyl sites for hydroxylation is 2. The van der Waals surface area contributed by atoms with Gasteiger partial charge >= 0.3 is 12.4 Å². The molecule has 3 aromatic rings. The molecule has 1 aromatic carbocycles. The summed E-state index contributed by atoms with van der Waals surface area (Å²) in [6.07, 6.45) is -7.33. The molecule has 0 atom stereocenters. The predicted octanol–water partition coefficient (Wildman–Crippen LogP) is 5.41. The maximum Gasteiger partial charge on any atom is 0.416 e. The molecule has 0 saturated heterocycles. The Bertz CT molecular complexity index is 1150. The van der Waals surface area contributed by atoms with Crippen LogP contribution < -0.4 is 4.90 Å². The largest absolute Gasteiger partial charge is 0.416 e. The molecule has 0 spiro atoms. The SMILES string of the molecule is Cc1nn(C)c(C)c1-c1ccncc1N(C)C(=O)c1cc(C(F)(F)F)cc(C(F)(F)F)c1. The molecule has 32 heavy (non-hydrogen) atoms. The second-order valence-electron chi connectivity index (χ2n) is 7.22. The average Bonchev–Trinajstić information content (AvgIpc) is 2.96. The number of anilines is 1. The number of pyridine rings is 1. The van der Waals surface area contributed by atoms with Gasteiger partial charge in [0.2, 0.25) is 0 Å². The number of halogens is 6. The summed E-state index contributed by atoms with van der Waals surface area (Å²) < 4.78 is 80.8. The lowest BCUT2D eigenvalue weighted by Crippen LogP contribution is -2.28. The van der Waals surface area contributed by atoms with E-state index < -0.39 is 35.0 Å². The van der Waals surface area contributed by atoms with Crippen LogP contribution in [-0.4, -0.2) is 27.7 Å². The van der Waals surface area contributed by atoms with Gasteiger partial charge in [-0.05, 0) is 38.1 Å². The lowest BCUT2D eigenvalue weighted by molar-refractivity contribution is -0.143. The van der Waals surface area contributed by atoms with E-state index in [1.165, 1.54) is 19.4 Å². The molecule has 0 bridgehead atoms. The molecule has 11 heteroatoms. The maximum absolute atomic E-state index is 13.2. The zero-order valence-corrected chi connectivity index (χ0v) is 17.4. The quantitative estimate of drug-likeness (QED) is 0.495. The Morgan fingerprint density at radius 2 is 1.56 bits per heavy atom. The van der Waals surface area contributed by atoms with E-state index in [-0.39, 0.29) is 11.8 Å². The van der Waals surface area contributed by atoms with E-state index in [2.05, 4.69) is 10.1 Å². The highest BCUT2D eigenvalue weighted by Gasteiger charge is 2.38. The molecule has 2 aromatic heterocycles. The molecule has 5 nitrogen and oxygen atoms in total. The third-order valence-corrected chi connectivity index (χ3v) is 5.08. The topological polar surface area (TPSA) is 51.0 Å². The molecule has 0 aliphatic carbocycles.